The monoisotopic (exact) mass is 433 g/mol. The molecule has 0 aliphatic heterocycles. The molecule has 2 aromatic carbocycles. The van der Waals surface area contributed by atoms with E-state index in [2.05, 4.69) is 5.32 Å². The zero-order valence-electron chi connectivity index (χ0n) is 13.9. The van der Waals surface area contributed by atoms with Crippen LogP contribution >= 0.6 is 29.7 Å². The molecule has 0 radical (unpaired) electrons. The van der Waals surface area contributed by atoms with E-state index < -0.39 is 18.5 Å². The molecule has 0 aliphatic carbocycles. The maximum Gasteiger partial charge on any atom is 0.320 e. The zero-order valence-corrected chi connectivity index (χ0v) is 17.1. The van der Waals surface area contributed by atoms with E-state index in [1.807, 2.05) is 0 Å². The first kappa shape index (κ1) is 21.0. The molecule has 0 aromatic heterocycles. The van der Waals surface area contributed by atoms with Crippen molar-refractivity contribution in [2.24, 2.45) is 0 Å². The van der Waals surface area contributed by atoms with Gasteiger partial charge in [-0.25, -0.2) is 0 Å². The quantitative estimate of drug-likeness (QED) is 0.531. The highest BCUT2D eigenvalue weighted by Gasteiger charge is 2.26. The summed E-state index contributed by atoms with van der Waals surface area (Å²) in [6.07, 6.45) is 0.463. The fourth-order valence-electron chi connectivity index (χ4n) is 2.08. The Balaban J connectivity index is 2.24. The Morgan fingerprint density at radius 3 is 2.04 bits per heavy atom. The molecule has 140 valence electrons. The SMILES string of the molecule is CCC(NCP(=S)(Oc1cccc(Cl)c1)Oc1cccc(Cl)c1)C(=O)O. The Morgan fingerprint density at radius 2 is 1.65 bits per heavy atom. The lowest BCUT2D eigenvalue weighted by molar-refractivity contribution is -0.139. The van der Waals surface area contributed by atoms with Gasteiger partial charge < -0.3 is 14.2 Å². The number of hydrogen-bond donors (Lipinski definition) is 2. The minimum absolute atomic E-state index is 0.0617. The van der Waals surface area contributed by atoms with Crippen molar-refractivity contribution in [2.75, 3.05) is 6.29 Å². The van der Waals surface area contributed by atoms with E-state index in [-0.39, 0.29) is 6.29 Å². The Morgan fingerprint density at radius 1 is 1.15 bits per heavy atom. The second kappa shape index (κ2) is 9.58. The number of benzene rings is 2. The van der Waals surface area contributed by atoms with Crippen LogP contribution in [0.1, 0.15) is 13.3 Å². The predicted molar refractivity (Wildman–Crippen MR) is 108 cm³/mol. The highest BCUT2D eigenvalue weighted by atomic mass is 35.5. The number of rotatable bonds is 9. The fourth-order valence-corrected chi connectivity index (χ4v) is 4.66. The van der Waals surface area contributed by atoms with Crippen molar-refractivity contribution in [1.29, 1.82) is 0 Å². The van der Waals surface area contributed by atoms with Crippen LogP contribution in [0.25, 0.3) is 0 Å². The van der Waals surface area contributed by atoms with Crippen LogP contribution < -0.4 is 14.4 Å². The van der Waals surface area contributed by atoms with E-state index in [1.165, 1.54) is 0 Å². The first-order valence-electron chi connectivity index (χ1n) is 7.77. The molecule has 1 atom stereocenters. The van der Waals surface area contributed by atoms with E-state index in [1.54, 1.807) is 55.5 Å². The molecule has 26 heavy (non-hydrogen) atoms. The summed E-state index contributed by atoms with van der Waals surface area (Å²) in [4.78, 5) is 11.3. The number of aliphatic carboxylic acids is 1. The molecule has 2 N–H and O–H groups in total. The van der Waals surface area contributed by atoms with Gasteiger partial charge in [-0.2, -0.15) is 0 Å². The number of hydrogen-bond acceptors (Lipinski definition) is 5. The van der Waals surface area contributed by atoms with Crippen molar-refractivity contribution < 1.29 is 18.9 Å². The number of carbonyl (C=O) groups is 1. The normalized spacial score (nSPS) is 12.4. The Bertz CT molecular complexity index is 769. The lowest BCUT2D eigenvalue weighted by Gasteiger charge is -2.25. The van der Waals surface area contributed by atoms with E-state index >= 15 is 0 Å². The molecule has 0 saturated carbocycles. The van der Waals surface area contributed by atoms with Gasteiger partial charge in [-0.15, -0.1) is 0 Å². The van der Waals surface area contributed by atoms with Gasteiger partial charge in [0.1, 0.15) is 17.5 Å². The summed E-state index contributed by atoms with van der Waals surface area (Å²) < 4.78 is 11.8. The first-order valence-corrected chi connectivity index (χ1v) is 11.3. The Hall–Kier alpha value is -1.30. The third kappa shape index (κ3) is 6.45. The van der Waals surface area contributed by atoms with Crippen molar-refractivity contribution in [3.8, 4) is 11.5 Å². The van der Waals surface area contributed by atoms with Gasteiger partial charge in [0.15, 0.2) is 0 Å². The highest BCUT2D eigenvalue weighted by molar-refractivity contribution is 8.10. The molecule has 0 bridgehead atoms. The average Bonchev–Trinajstić information content (AvgIpc) is 2.55. The first-order chi connectivity index (χ1) is 12.3. The number of nitrogens with one attached hydrogen (secondary N) is 1. The largest absolute Gasteiger partial charge is 0.480 e. The molecule has 0 amide bonds. The summed E-state index contributed by atoms with van der Waals surface area (Å²) in [7, 11) is 0. The molecule has 0 aliphatic rings. The van der Waals surface area contributed by atoms with Crippen LogP contribution in [-0.2, 0) is 16.6 Å². The molecule has 0 spiro atoms. The molecule has 0 saturated heterocycles. The smallest absolute Gasteiger partial charge is 0.320 e. The summed E-state index contributed by atoms with van der Waals surface area (Å²) in [5.74, 6) is -0.0550. The van der Waals surface area contributed by atoms with Crippen molar-refractivity contribution in [2.45, 2.75) is 19.4 Å². The maximum atomic E-state index is 11.3. The third-order valence-corrected chi connectivity index (χ3v) is 6.17. The van der Waals surface area contributed by atoms with E-state index in [0.29, 0.717) is 28.0 Å². The van der Waals surface area contributed by atoms with Crippen LogP contribution in [0.4, 0.5) is 0 Å². The number of carboxylic acids is 1. The van der Waals surface area contributed by atoms with Gasteiger partial charge in [0.05, 0.1) is 6.29 Å². The summed E-state index contributed by atoms with van der Waals surface area (Å²) in [6.45, 7) is -1.20. The van der Waals surface area contributed by atoms with Gasteiger partial charge in [0, 0.05) is 10.0 Å². The highest BCUT2D eigenvalue weighted by Crippen LogP contribution is 2.48. The molecule has 9 heteroatoms. The van der Waals surface area contributed by atoms with Gasteiger partial charge in [-0.1, -0.05) is 42.3 Å². The van der Waals surface area contributed by atoms with Crippen molar-refractivity contribution in [3.05, 3.63) is 58.6 Å². The Labute approximate surface area is 167 Å². The zero-order chi connectivity index (χ0) is 19.2. The fraction of sp³-hybridized carbons (Fsp3) is 0.235. The molecule has 5 nitrogen and oxygen atoms in total. The molecular formula is C17H18Cl2NO4PS. The summed E-state index contributed by atoms with van der Waals surface area (Å²) in [5.41, 5.74) is 0. The molecule has 2 rings (SSSR count). The topological polar surface area (TPSA) is 67.8 Å². The summed E-state index contributed by atoms with van der Waals surface area (Å²) >= 11 is 17.6. The van der Waals surface area contributed by atoms with Crippen LogP contribution in [0.5, 0.6) is 11.5 Å². The van der Waals surface area contributed by atoms with Crippen LogP contribution in [-0.4, -0.2) is 23.4 Å². The minimum atomic E-state index is -2.97. The number of carboxylic acid groups (broad SMARTS) is 1. The standard InChI is InChI=1S/C17H18Cl2NO4PS/c1-2-16(17(21)22)20-11-25(26,23-14-7-3-5-12(18)9-14)24-15-8-4-6-13(19)10-15/h3-10,16,20H,2,11H2,1H3,(H,21,22). The molecule has 0 heterocycles. The lowest BCUT2D eigenvalue weighted by Crippen LogP contribution is -2.37. The summed E-state index contributed by atoms with van der Waals surface area (Å²) in [5, 5.41) is 13.1. The lowest BCUT2D eigenvalue weighted by atomic mass is 10.2. The van der Waals surface area contributed by atoms with Crippen LogP contribution in [0.3, 0.4) is 0 Å². The van der Waals surface area contributed by atoms with Gasteiger partial charge in [0.25, 0.3) is 0 Å². The van der Waals surface area contributed by atoms with Crippen LogP contribution in [0.15, 0.2) is 48.5 Å². The van der Waals surface area contributed by atoms with Gasteiger partial charge >= 0.3 is 12.5 Å². The minimum Gasteiger partial charge on any atom is -0.480 e. The van der Waals surface area contributed by atoms with Crippen molar-refractivity contribution >= 4 is 47.5 Å². The third-order valence-electron chi connectivity index (χ3n) is 3.32. The van der Waals surface area contributed by atoms with Gasteiger partial charge in [0.2, 0.25) is 0 Å². The Kier molecular flexibility index (Phi) is 7.74. The molecule has 0 fully saturated rings. The predicted octanol–water partition coefficient (Wildman–Crippen LogP) is 5.17. The summed E-state index contributed by atoms with van der Waals surface area (Å²) in [6, 6.07) is 12.8. The number of halogens is 2. The van der Waals surface area contributed by atoms with Gasteiger partial charge in [-0.3, -0.25) is 10.1 Å². The van der Waals surface area contributed by atoms with E-state index in [4.69, 9.17) is 44.1 Å². The van der Waals surface area contributed by atoms with Crippen molar-refractivity contribution in [1.82, 2.24) is 5.32 Å². The van der Waals surface area contributed by atoms with Crippen molar-refractivity contribution in [3.63, 3.8) is 0 Å². The maximum absolute atomic E-state index is 11.3. The second-order valence-corrected chi connectivity index (χ2v) is 9.81. The average molecular weight is 434 g/mol. The van der Waals surface area contributed by atoms with E-state index in [9.17, 15) is 9.90 Å². The molecular weight excluding hydrogens is 416 g/mol. The van der Waals surface area contributed by atoms with Gasteiger partial charge in [-0.05, 0) is 54.6 Å². The molecule has 2 aromatic rings. The van der Waals surface area contributed by atoms with Crippen LogP contribution in [0, 0.1) is 0 Å². The van der Waals surface area contributed by atoms with E-state index in [0.717, 1.165) is 0 Å². The van der Waals surface area contributed by atoms with Crippen LogP contribution in [0.2, 0.25) is 10.0 Å². The molecule has 1 unspecified atom stereocenters. The second-order valence-electron chi connectivity index (χ2n) is 5.37.